The molecule has 14 heavy (non-hydrogen) atoms. The minimum atomic E-state index is 0.362. The molecule has 0 spiro atoms. The van der Waals surface area contributed by atoms with Crippen LogP contribution < -0.4 is 0 Å². The summed E-state index contributed by atoms with van der Waals surface area (Å²) in [7, 11) is 0. The first kappa shape index (κ1) is 12.1. The summed E-state index contributed by atoms with van der Waals surface area (Å²) in [6, 6.07) is 0. The van der Waals surface area contributed by atoms with E-state index in [1.165, 1.54) is 12.2 Å². The van der Waals surface area contributed by atoms with Crippen molar-refractivity contribution in [3.05, 3.63) is 0 Å². The van der Waals surface area contributed by atoms with Gasteiger partial charge in [-0.15, -0.1) is 0 Å². The van der Waals surface area contributed by atoms with Gasteiger partial charge in [0.1, 0.15) is 5.78 Å². The molecular formula is C12H22OS. The molecular weight excluding hydrogens is 192 g/mol. The molecule has 1 fully saturated rings. The first-order valence-corrected chi connectivity index (χ1v) is 6.76. The second-order valence-electron chi connectivity index (χ2n) is 4.56. The third-order valence-corrected chi connectivity index (χ3v) is 4.89. The van der Waals surface area contributed by atoms with Gasteiger partial charge in [-0.05, 0) is 31.4 Å². The van der Waals surface area contributed by atoms with Crippen LogP contribution in [-0.2, 0) is 4.79 Å². The molecule has 0 aromatic heterocycles. The third kappa shape index (κ3) is 3.01. The van der Waals surface area contributed by atoms with Crippen molar-refractivity contribution >= 4 is 17.5 Å². The van der Waals surface area contributed by atoms with Crippen molar-refractivity contribution < 1.29 is 4.79 Å². The molecule has 1 rings (SSSR count). The molecule has 0 amide bonds. The van der Waals surface area contributed by atoms with Crippen molar-refractivity contribution in [2.45, 2.75) is 57.6 Å². The standard InChI is InChI=1S/C12H22OS/c1-4-6-11(13)10-7-8-14-12(3,5-2)9-10/h10H,4-9H2,1-3H3/t10-,12+/m0/s1. The quantitative estimate of drug-likeness (QED) is 0.710. The molecule has 0 saturated carbocycles. The van der Waals surface area contributed by atoms with E-state index in [0.717, 1.165) is 25.7 Å². The predicted octanol–water partition coefficient (Wildman–Crippen LogP) is 3.67. The van der Waals surface area contributed by atoms with Crippen molar-refractivity contribution in [3.63, 3.8) is 0 Å². The highest BCUT2D eigenvalue weighted by Gasteiger charge is 2.33. The topological polar surface area (TPSA) is 17.1 Å². The third-order valence-electron chi connectivity index (χ3n) is 3.29. The SMILES string of the molecule is CCCC(=O)[C@H]1CCS[C@](C)(CC)C1. The highest BCUT2D eigenvalue weighted by Crippen LogP contribution is 2.41. The normalized spacial score (nSPS) is 32.9. The van der Waals surface area contributed by atoms with E-state index in [1.807, 2.05) is 0 Å². The summed E-state index contributed by atoms with van der Waals surface area (Å²) in [5, 5.41) is 0. The predicted molar refractivity (Wildman–Crippen MR) is 63.8 cm³/mol. The Hall–Kier alpha value is 0.0200. The fourth-order valence-electron chi connectivity index (χ4n) is 2.10. The van der Waals surface area contributed by atoms with Crippen LogP contribution in [0.1, 0.15) is 52.9 Å². The molecule has 1 saturated heterocycles. The zero-order valence-corrected chi connectivity index (χ0v) is 10.5. The van der Waals surface area contributed by atoms with E-state index in [4.69, 9.17) is 0 Å². The highest BCUT2D eigenvalue weighted by molar-refractivity contribution is 8.00. The van der Waals surface area contributed by atoms with Gasteiger partial charge in [-0.2, -0.15) is 11.8 Å². The lowest BCUT2D eigenvalue weighted by atomic mass is 9.86. The Balaban J connectivity index is 2.51. The smallest absolute Gasteiger partial charge is 0.136 e. The number of hydrogen-bond acceptors (Lipinski definition) is 2. The van der Waals surface area contributed by atoms with Crippen LogP contribution in [0.3, 0.4) is 0 Å². The number of ketones is 1. The summed E-state index contributed by atoms with van der Waals surface area (Å²) in [6.45, 7) is 6.64. The molecule has 2 heteroatoms. The number of carbonyl (C=O) groups is 1. The summed E-state index contributed by atoms with van der Waals surface area (Å²) in [6.07, 6.45) is 5.19. The fraction of sp³-hybridized carbons (Fsp3) is 0.917. The molecule has 0 radical (unpaired) electrons. The molecule has 0 aromatic carbocycles. The van der Waals surface area contributed by atoms with Gasteiger partial charge >= 0.3 is 0 Å². The van der Waals surface area contributed by atoms with Crippen LogP contribution in [0.2, 0.25) is 0 Å². The molecule has 0 aromatic rings. The molecule has 1 heterocycles. The van der Waals surface area contributed by atoms with Crippen LogP contribution in [0.15, 0.2) is 0 Å². The van der Waals surface area contributed by atoms with Gasteiger partial charge in [0.2, 0.25) is 0 Å². The van der Waals surface area contributed by atoms with Crippen molar-refractivity contribution in [1.82, 2.24) is 0 Å². The van der Waals surface area contributed by atoms with Crippen molar-refractivity contribution in [2.24, 2.45) is 5.92 Å². The average molecular weight is 214 g/mol. The van der Waals surface area contributed by atoms with E-state index in [-0.39, 0.29) is 0 Å². The summed E-state index contributed by atoms with van der Waals surface area (Å²) >= 11 is 2.05. The lowest BCUT2D eigenvalue weighted by molar-refractivity contribution is -0.123. The van der Waals surface area contributed by atoms with Gasteiger partial charge in [0.25, 0.3) is 0 Å². The van der Waals surface area contributed by atoms with Crippen LogP contribution in [0.4, 0.5) is 0 Å². The van der Waals surface area contributed by atoms with Crippen LogP contribution in [-0.4, -0.2) is 16.3 Å². The molecule has 1 nitrogen and oxygen atoms in total. The Morgan fingerprint density at radius 2 is 2.21 bits per heavy atom. The second-order valence-corrected chi connectivity index (χ2v) is 6.24. The lowest BCUT2D eigenvalue weighted by Crippen LogP contribution is -2.32. The summed E-state index contributed by atoms with van der Waals surface area (Å²) in [4.78, 5) is 11.8. The van der Waals surface area contributed by atoms with E-state index in [2.05, 4.69) is 32.5 Å². The van der Waals surface area contributed by atoms with E-state index >= 15 is 0 Å². The molecule has 1 aliphatic heterocycles. The minimum Gasteiger partial charge on any atom is -0.299 e. The Morgan fingerprint density at radius 1 is 1.50 bits per heavy atom. The number of hydrogen-bond donors (Lipinski definition) is 0. The summed E-state index contributed by atoms with van der Waals surface area (Å²) in [5.74, 6) is 2.04. The molecule has 1 aliphatic rings. The maximum absolute atomic E-state index is 11.8. The largest absolute Gasteiger partial charge is 0.299 e. The van der Waals surface area contributed by atoms with Gasteiger partial charge in [-0.3, -0.25) is 4.79 Å². The van der Waals surface area contributed by atoms with E-state index < -0.39 is 0 Å². The maximum atomic E-state index is 11.8. The van der Waals surface area contributed by atoms with Crippen molar-refractivity contribution in [2.75, 3.05) is 5.75 Å². The molecule has 0 N–H and O–H groups in total. The second kappa shape index (κ2) is 5.20. The Labute approximate surface area is 92.0 Å². The number of thioether (sulfide) groups is 1. The Morgan fingerprint density at radius 3 is 2.79 bits per heavy atom. The Bertz CT molecular complexity index is 202. The van der Waals surface area contributed by atoms with Crippen LogP contribution in [0, 0.1) is 5.92 Å². The number of rotatable bonds is 4. The molecule has 0 unspecified atom stereocenters. The van der Waals surface area contributed by atoms with Crippen LogP contribution >= 0.6 is 11.8 Å². The summed E-state index contributed by atoms with van der Waals surface area (Å²) < 4.78 is 0.367. The van der Waals surface area contributed by atoms with Crippen molar-refractivity contribution in [3.8, 4) is 0 Å². The lowest BCUT2D eigenvalue weighted by Gasteiger charge is -2.36. The first-order valence-electron chi connectivity index (χ1n) is 5.78. The van der Waals surface area contributed by atoms with Crippen LogP contribution in [0.25, 0.3) is 0 Å². The minimum absolute atomic E-state index is 0.362. The highest BCUT2D eigenvalue weighted by atomic mass is 32.2. The first-order chi connectivity index (χ1) is 6.61. The molecule has 82 valence electrons. The van der Waals surface area contributed by atoms with E-state index in [9.17, 15) is 4.79 Å². The van der Waals surface area contributed by atoms with Gasteiger partial charge in [-0.1, -0.05) is 20.8 Å². The monoisotopic (exact) mass is 214 g/mol. The van der Waals surface area contributed by atoms with E-state index in [0.29, 0.717) is 16.4 Å². The molecule has 0 bridgehead atoms. The molecule has 0 aliphatic carbocycles. The molecule has 2 atom stereocenters. The van der Waals surface area contributed by atoms with Gasteiger partial charge in [0, 0.05) is 17.1 Å². The average Bonchev–Trinajstić information content (AvgIpc) is 2.18. The fourth-order valence-corrected chi connectivity index (χ4v) is 3.52. The zero-order chi connectivity index (χ0) is 10.6. The van der Waals surface area contributed by atoms with Gasteiger partial charge in [0.05, 0.1) is 0 Å². The maximum Gasteiger partial charge on any atom is 0.136 e. The number of Topliss-reactive ketones (excluding diaryl/α,β-unsaturated/α-hetero) is 1. The van der Waals surface area contributed by atoms with Gasteiger partial charge < -0.3 is 0 Å². The van der Waals surface area contributed by atoms with Crippen LogP contribution in [0.5, 0.6) is 0 Å². The number of carbonyl (C=O) groups excluding carboxylic acids is 1. The van der Waals surface area contributed by atoms with E-state index in [1.54, 1.807) is 0 Å². The zero-order valence-electron chi connectivity index (χ0n) is 9.64. The van der Waals surface area contributed by atoms with Crippen molar-refractivity contribution in [1.29, 1.82) is 0 Å². The van der Waals surface area contributed by atoms with Gasteiger partial charge in [-0.25, -0.2) is 0 Å². The summed E-state index contributed by atoms with van der Waals surface area (Å²) in [5.41, 5.74) is 0. The Kier molecular flexibility index (Phi) is 4.49. The van der Waals surface area contributed by atoms with Gasteiger partial charge in [0.15, 0.2) is 0 Å².